The Labute approximate surface area is 164 Å². The van der Waals surface area contributed by atoms with Gasteiger partial charge in [-0.05, 0) is 18.1 Å². The lowest BCUT2D eigenvalue weighted by molar-refractivity contribution is -0.136. The van der Waals surface area contributed by atoms with Crippen LogP contribution in [0.25, 0.3) is 0 Å². The lowest BCUT2D eigenvalue weighted by atomic mass is 10.0. The van der Waals surface area contributed by atoms with Gasteiger partial charge in [0.05, 0.1) is 20.1 Å². The number of hydrogen-bond acceptors (Lipinski definition) is 7. The first-order valence-electron chi connectivity index (χ1n) is 8.19. The molecule has 1 aromatic heterocycles. The third-order valence-corrected chi connectivity index (χ3v) is 3.77. The van der Waals surface area contributed by atoms with E-state index in [1.807, 2.05) is 0 Å². The van der Waals surface area contributed by atoms with Gasteiger partial charge in [0.1, 0.15) is 5.69 Å². The number of nitrogens with one attached hydrogen (secondary N) is 3. The molecule has 0 fully saturated rings. The fraction of sp³-hybridized carbons (Fsp3) is 0.235. The van der Waals surface area contributed by atoms with Crippen LogP contribution in [0.1, 0.15) is 27.4 Å². The summed E-state index contributed by atoms with van der Waals surface area (Å²) in [6, 6.07) is 5.82. The second-order valence-corrected chi connectivity index (χ2v) is 5.76. The number of hydroxylamine groups is 2. The van der Waals surface area contributed by atoms with Crippen molar-refractivity contribution in [2.45, 2.75) is 19.9 Å². The Kier molecular flexibility index (Phi) is 6.87. The number of carboxylic acids is 2. The fourth-order valence-electron chi connectivity index (χ4n) is 2.41. The monoisotopic (exact) mass is 405 g/mol. The summed E-state index contributed by atoms with van der Waals surface area (Å²) in [6.45, 7) is 1.36. The molecule has 2 aromatic rings. The number of amides is 2. The van der Waals surface area contributed by atoms with Crippen LogP contribution in [0.4, 0.5) is 10.5 Å². The highest BCUT2D eigenvalue weighted by atomic mass is 16.7. The maximum atomic E-state index is 12.4. The van der Waals surface area contributed by atoms with E-state index in [9.17, 15) is 14.4 Å². The molecule has 5 N–H and O–H groups in total. The van der Waals surface area contributed by atoms with Gasteiger partial charge in [-0.2, -0.15) is 5.06 Å². The highest BCUT2D eigenvalue weighted by molar-refractivity contribution is 6.05. The van der Waals surface area contributed by atoms with E-state index in [-0.39, 0.29) is 24.4 Å². The number of aromatic carboxylic acids is 1. The molecule has 0 saturated carbocycles. The predicted molar refractivity (Wildman–Crippen MR) is 98.4 cm³/mol. The predicted octanol–water partition coefficient (Wildman–Crippen LogP) is 1.43. The van der Waals surface area contributed by atoms with Gasteiger partial charge in [0.2, 0.25) is 11.7 Å². The minimum absolute atomic E-state index is 0.0708. The number of anilines is 1. The van der Waals surface area contributed by atoms with Crippen molar-refractivity contribution in [2.24, 2.45) is 0 Å². The van der Waals surface area contributed by atoms with Gasteiger partial charge in [-0.15, -0.1) is 0 Å². The van der Waals surface area contributed by atoms with Crippen molar-refractivity contribution in [3.63, 3.8) is 0 Å². The highest BCUT2D eigenvalue weighted by Gasteiger charge is 2.22. The van der Waals surface area contributed by atoms with Gasteiger partial charge in [0, 0.05) is 0 Å². The van der Waals surface area contributed by atoms with Gasteiger partial charge < -0.3 is 20.1 Å². The number of aromatic nitrogens is 1. The third kappa shape index (κ3) is 5.52. The van der Waals surface area contributed by atoms with Gasteiger partial charge in [-0.3, -0.25) is 20.4 Å². The fourth-order valence-corrected chi connectivity index (χ4v) is 2.41. The first-order valence-corrected chi connectivity index (χ1v) is 8.19. The SMILES string of the molecule is CON(Cc1ccccc1CC(=O)O)C(=O)NC(=N)Nc1c(C(=O)O)noc1C. The second-order valence-electron chi connectivity index (χ2n) is 5.76. The van der Waals surface area contributed by atoms with E-state index in [0.29, 0.717) is 11.1 Å². The van der Waals surface area contributed by atoms with Gasteiger partial charge in [0.15, 0.2) is 5.76 Å². The molecule has 1 aromatic carbocycles. The number of rotatable bonds is 7. The average molecular weight is 405 g/mol. The number of carbonyl (C=O) groups excluding carboxylic acids is 1. The van der Waals surface area contributed by atoms with E-state index >= 15 is 0 Å². The highest BCUT2D eigenvalue weighted by Crippen LogP contribution is 2.19. The smallest absolute Gasteiger partial charge is 0.360 e. The summed E-state index contributed by atoms with van der Waals surface area (Å²) in [5.41, 5.74) is 0.551. The number of carboxylic acid groups (broad SMARTS) is 2. The van der Waals surface area contributed by atoms with Crippen molar-refractivity contribution in [1.29, 1.82) is 5.41 Å². The summed E-state index contributed by atoms with van der Waals surface area (Å²) in [7, 11) is 1.24. The molecule has 0 bridgehead atoms. The Morgan fingerprint density at radius 3 is 2.48 bits per heavy atom. The van der Waals surface area contributed by atoms with Gasteiger partial charge in [-0.1, -0.05) is 29.4 Å². The van der Waals surface area contributed by atoms with Crippen LogP contribution in [-0.2, 0) is 22.6 Å². The molecular weight excluding hydrogens is 386 g/mol. The number of guanidine groups is 1. The lowest BCUT2D eigenvalue weighted by Crippen LogP contribution is -2.44. The molecule has 0 saturated heterocycles. The van der Waals surface area contributed by atoms with Crippen LogP contribution in [0.2, 0.25) is 0 Å². The van der Waals surface area contributed by atoms with E-state index in [1.54, 1.807) is 24.3 Å². The maximum Gasteiger partial charge on any atom is 0.360 e. The summed E-state index contributed by atoms with van der Waals surface area (Å²) in [5.74, 6) is -2.80. The van der Waals surface area contributed by atoms with Crippen LogP contribution in [0.3, 0.4) is 0 Å². The summed E-state index contributed by atoms with van der Waals surface area (Å²) in [6.07, 6.45) is -0.225. The third-order valence-electron chi connectivity index (χ3n) is 3.77. The molecule has 29 heavy (non-hydrogen) atoms. The number of benzene rings is 1. The molecule has 0 aliphatic rings. The molecule has 0 radical (unpaired) electrons. The molecule has 154 valence electrons. The van der Waals surface area contributed by atoms with Crippen molar-refractivity contribution in [3.8, 4) is 0 Å². The lowest BCUT2D eigenvalue weighted by Gasteiger charge is -2.21. The summed E-state index contributed by atoms with van der Waals surface area (Å²) in [4.78, 5) is 39.5. The standard InChI is InChI=1S/C17H19N5O7/c1-9-13(14(15(25)26)21-29-9)19-16(18)20-17(27)22(28-2)8-11-6-4-3-5-10(11)7-12(23)24/h3-6H,7-8H2,1-2H3,(H,23,24)(H,25,26)(H3,18,19,20,27). The molecule has 0 unspecified atom stereocenters. The summed E-state index contributed by atoms with van der Waals surface area (Å²) >= 11 is 0. The Morgan fingerprint density at radius 2 is 1.90 bits per heavy atom. The molecule has 0 aliphatic heterocycles. The van der Waals surface area contributed by atoms with E-state index < -0.39 is 29.6 Å². The number of nitrogens with zero attached hydrogens (tertiary/aromatic N) is 2. The zero-order valence-corrected chi connectivity index (χ0v) is 15.6. The average Bonchev–Trinajstić information content (AvgIpc) is 3.01. The molecule has 0 atom stereocenters. The summed E-state index contributed by atoms with van der Waals surface area (Å²) in [5, 5.41) is 34.8. The second kappa shape index (κ2) is 9.32. The van der Waals surface area contributed by atoms with Crippen LogP contribution >= 0.6 is 0 Å². The molecule has 2 rings (SSSR count). The van der Waals surface area contributed by atoms with E-state index in [4.69, 9.17) is 25.0 Å². The minimum atomic E-state index is -1.36. The first-order chi connectivity index (χ1) is 13.7. The molecule has 0 aliphatic carbocycles. The van der Waals surface area contributed by atoms with Crippen LogP contribution in [0.15, 0.2) is 28.8 Å². The zero-order chi connectivity index (χ0) is 21.6. The number of urea groups is 1. The quantitative estimate of drug-likeness (QED) is 0.259. The van der Waals surface area contributed by atoms with Crippen LogP contribution in [-0.4, -0.2) is 51.5 Å². The Bertz CT molecular complexity index is 940. The topological polar surface area (TPSA) is 178 Å². The summed E-state index contributed by atoms with van der Waals surface area (Å²) < 4.78 is 4.77. The maximum absolute atomic E-state index is 12.4. The minimum Gasteiger partial charge on any atom is -0.481 e. The van der Waals surface area contributed by atoms with E-state index in [1.165, 1.54) is 14.0 Å². The Hall–Kier alpha value is -3.93. The van der Waals surface area contributed by atoms with Crippen LogP contribution < -0.4 is 10.6 Å². The Morgan fingerprint density at radius 1 is 1.24 bits per heavy atom. The number of aryl methyl sites for hydroxylation is 1. The van der Waals surface area contributed by atoms with Crippen LogP contribution in [0, 0.1) is 12.3 Å². The first kappa shape index (κ1) is 21.4. The van der Waals surface area contributed by atoms with Gasteiger partial charge in [0.25, 0.3) is 0 Å². The van der Waals surface area contributed by atoms with Crippen molar-refractivity contribution in [2.75, 3.05) is 12.4 Å². The molecule has 0 spiro atoms. The number of aliphatic carboxylic acids is 1. The molecular formula is C17H19N5O7. The largest absolute Gasteiger partial charge is 0.481 e. The Balaban J connectivity index is 2.07. The van der Waals surface area contributed by atoms with Crippen LogP contribution in [0.5, 0.6) is 0 Å². The van der Waals surface area contributed by atoms with Gasteiger partial charge in [-0.25, -0.2) is 9.59 Å². The van der Waals surface area contributed by atoms with Crippen molar-refractivity contribution >= 4 is 29.6 Å². The number of hydrogen-bond donors (Lipinski definition) is 5. The van der Waals surface area contributed by atoms with Crippen molar-refractivity contribution in [1.82, 2.24) is 15.5 Å². The molecule has 1 heterocycles. The molecule has 2 amide bonds. The van der Waals surface area contributed by atoms with Crippen molar-refractivity contribution in [3.05, 3.63) is 46.8 Å². The van der Waals surface area contributed by atoms with Crippen molar-refractivity contribution < 1.29 is 34.0 Å². The normalized spacial score (nSPS) is 10.3. The molecule has 12 nitrogen and oxygen atoms in total. The number of carbonyl (C=O) groups is 3. The van der Waals surface area contributed by atoms with Gasteiger partial charge >= 0.3 is 18.0 Å². The molecule has 12 heteroatoms. The van der Waals surface area contributed by atoms with E-state index in [2.05, 4.69) is 15.8 Å². The zero-order valence-electron chi connectivity index (χ0n) is 15.6. The van der Waals surface area contributed by atoms with E-state index in [0.717, 1.165) is 5.06 Å².